The molecule has 1 aromatic carbocycles. The number of Topliss-reactive ketones (excluding diaryl/α,β-unsaturated/α-hetero) is 1. The Morgan fingerprint density at radius 2 is 1.94 bits per heavy atom. The standard InChI is InChI=1S/C11H9FN2O2/c1-7(15)10-6-11(16)14(13-10)9-4-2-8(12)3-5-9/h2-6,13H,1H3. The molecule has 0 bridgehead atoms. The summed E-state index contributed by atoms with van der Waals surface area (Å²) in [6.07, 6.45) is 0. The summed E-state index contributed by atoms with van der Waals surface area (Å²) in [5, 5.41) is 2.65. The van der Waals surface area contributed by atoms with Gasteiger partial charge in [0.2, 0.25) is 0 Å². The normalized spacial score (nSPS) is 10.4. The number of hydrogen-bond donors (Lipinski definition) is 1. The summed E-state index contributed by atoms with van der Waals surface area (Å²) in [4.78, 5) is 22.6. The van der Waals surface area contributed by atoms with Crippen LogP contribution in [0, 0.1) is 5.82 Å². The monoisotopic (exact) mass is 220 g/mol. The van der Waals surface area contributed by atoms with Crippen LogP contribution in [0.2, 0.25) is 0 Å². The van der Waals surface area contributed by atoms with E-state index in [-0.39, 0.29) is 22.9 Å². The molecule has 0 aliphatic heterocycles. The molecule has 0 aliphatic carbocycles. The number of benzene rings is 1. The summed E-state index contributed by atoms with van der Waals surface area (Å²) < 4.78 is 13.9. The van der Waals surface area contributed by atoms with Crippen molar-refractivity contribution in [2.75, 3.05) is 0 Å². The van der Waals surface area contributed by atoms with Gasteiger partial charge in [0.1, 0.15) is 11.5 Å². The van der Waals surface area contributed by atoms with Gasteiger partial charge in [-0.15, -0.1) is 0 Å². The summed E-state index contributed by atoms with van der Waals surface area (Å²) in [5.74, 6) is -0.604. The fraction of sp³-hybridized carbons (Fsp3) is 0.0909. The second-order valence-electron chi connectivity index (χ2n) is 3.38. The van der Waals surface area contributed by atoms with Gasteiger partial charge >= 0.3 is 0 Å². The topological polar surface area (TPSA) is 54.9 Å². The molecule has 2 rings (SSSR count). The summed E-state index contributed by atoms with van der Waals surface area (Å²) >= 11 is 0. The first-order valence-corrected chi connectivity index (χ1v) is 4.67. The molecule has 0 atom stereocenters. The molecule has 0 spiro atoms. The number of rotatable bonds is 2. The molecule has 5 heteroatoms. The molecule has 82 valence electrons. The number of ketones is 1. The van der Waals surface area contributed by atoms with Crippen LogP contribution in [0.5, 0.6) is 0 Å². The average molecular weight is 220 g/mol. The Morgan fingerprint density at radius 3 is 2.44 bits per heavy atom. The highest BCUT2D eigenvalue weighted by Crippen LogP contribution is 2.06. The fourth-order valence-corrected chi connectivity index (χ4v) is 1.36. The van der Waals surface area contributed by atoms with E-state index in [4.69, 9.17) is 0 Å². The third-order valence-electron chi connectivity index (χ3n) is 2.18. The molecule has 0 saturated heterocycles. The van der Waals surface area contributed by atoms with Gasteiger partial charge in [0.15, 0.2) is 5.78 Å². The summed E-state index contributed by atoms with van der Waals surface area (Å²) in [7, 11) is 0. The van der Waals surface area contributed by atoms with Gasteiger partial charge in [-0.2, -0.15) is 0 Å². The third-order valence-corrected chi connectivity index (χ3v) is 2.18. The van der Waals surface area contributed by atoms with Crippen LogP contribution >= 0.6 is 0 Å². The number of nitrogens with zero attached hydrogens (tertiary/aromatic N) is 1. The Hall–Kier alpha value is -2.17. The van der Waals surface area contributed by atoms with Crippen LogP contribution < -0.4 is 5.56 Å². The van der Waals surface area contributed by atoms with Crippen molar-refractivity contribution in [3.05, 3.63) is 52.2 Å². The van der Waals surface area contributed by atoms with E-state index in [1.807, 2.05) is 0 Å². The second-order valence-corrected chi connectivity index (χ2v) is 3.38. The first kappa shape index (κ1) is 10.4. The Balaban J connectivity index is 2.52. The van der Waals surface area contributed by atoms with E-state index in [1.54, 1.807) is 0 Å². The molecule has 1 aromatic heterocycles. The minimum absolute atomic E-state index is 0.224. The van der Waals surface area contributed by atoms with Gasteiger partial charge < -0.3 is 0 Å². The van der Waals surface area contributed by atoms with E-state index in [0.29, 0.717) is 5.69 Å². The number of halogens is 1. The van der Waals surface area contributed by atoms with Crippen LogP contribution in [0.4, 0.5) is 4.39 Å². The van der Waals surface area contributed by atoms with Gasteiger partial charge in [0.25, 0.3) is 5.56 Å². The molecule has 4 nitrogen and oxygen atoms in total. The number of carbonyl (C=O) groups is 1. The highest BCUT2D eigenvalue weighted by atomic mass is 19.1. The maximum absolute atomic E-state index is 12.7. The molecule has 0 aliphatic rings. The molecule has 0 unspecified atom stereocenters. The molecule has 0 saturated carbocycles. The Morgan fingerprint density at radius 1 is 1.31 bits per heavy atom. The lowest BCUT2D eigenvalue weighted by atomic mass is 10.3. The Labute approximate surface area is 90.3 Å². The zero-order chi connectivity index (χ0) is 11.7. The zero-order valence-corrected chi connectivity index (χ0v) is 8.53. The minimum atomic E-state index is -0.379. The number of aromatic nitrogens is 2. The third kappa shape index (κ3) is 1.79. The summed E-state index contributed by atoms with van der Waals surface area (Å²) in [5.41, 5.74) is 0.366. The molecule has 16 heavy (non-hydrogen) atoms. The average Bonchev–Trinajstić information content (AvgIpc) is 2.62. The van der Waals surface area contributed by atoms with E-state index >= 15 is 0 Å². The van der Waals surface area contributed by atoms with Crippen molar-refractivity contribution < 1.29 is 9.18 Å². The SMILES string of the molecule is CC(=O)c1cc(=O)n(-c2ccc(F)cc2)[nH]1. The minimum Gasteiger partial charge on any atom is -0.293 e. The maximum Gasteiger partial charge on any atom is 0.271 e. The van der Waals surface area contributed by atoms with Crippen molar-refractivity contribution in [2.45, 2.75) is 6.92 Å². The van der Waals surface area contributed by atoms with Gasteiger partial charge in [-0.1, -0.05) is 0 Å². The van der Waals surface area contributed by atoms with Crippen molar-refractivity contribution in [3.63, 3.8) is 0 Å². The zero-order valence-electron chi connectivity index (χ0n) is 8.53. The molecule has 0 amide bonds. The van der Waals surface area contributed by atoms with E-state index in [0.717, 1.165) is 0 Å². The van der Waals surface area contributed by atoms with E-state index < -0.39 is 0 Å². The van der Waals surface area contributed by atoms with Crippen molar-refractivity contribution in [2.24, 2.45) is 0 Å². The van der Waals surface area contributed by atoms with Crippen LogP contribution in [-0.2, 0) is 0 Å². The van der Waals surface area contributed by atoms with Gasteiger partial charge in [0.05, 0.1) is 5.69 Å². The quantitative estimate of drug-likeness (QED) is 0.780. The van der Waals surface area contributed by atoms with E-state index in [1.165, 1.54) is 41.9 Å². The van der Waals surface area contributed by atoms with Gasteiger partial charge in [-0.05, 0) is 24.3 Å². The first-order valence-electron chi connectivity index (χ1n) is 4.67. The highest BCUT2D eigenvalue weighted by Gasteiger charge is 2.07. The molecule has 2 aromatic rings. The van der Waals surface area contributed by atoms with Crippen molar-refractivity contribution in [3.8, 4) is 5.69 Å². The van der Waals surface area contributed by atoms with Crippen LogP contribution in [-0.4, -0.2) is 15.6 Å². The molecular formula is C11H9FN2O2. The van der Waals surface area contributed by atoms with Crippen LogP contribution in [0.3, 0.4) is 0 Å². The summed E-state index contributed by atoms with van der Waals surface area (Å²) in [6, 6.07) is 6.62. The molecule has 0 fully saturated rings. The van der Waals surface area contributed by atoms with Gasteiger partial charge in [0, 0.05) is 13.0 Å². The lowest BCUT2D eigenvalue weighted by Gasteiger charge is -2.00. The van der Waals surface area contributed by atoms with Crippen molar-refractivity contribution in [1.29, 1.82) is 0 Å². The van der Waals surface area contributed by atoms with Crippen LogP contribution in [0.25, 0.3) is 5.69 Å². The number of H-pyrrole nitrogens is 1. The number of hydrogen-bond acceptors (Lipinski definition) is 2. The summed E-state index contributed by atoms with van der Waals surface area (Å²) in [6.45, 7) is 1.36. The number of carbonyl (C=O) groups excluding carboxylic acids is 1. The van der Waals surface area contributed by atoms with Gasteiger partial charge in [-0.3, -0.25) is 14.7 Å². The van der Waals surface area contributed by atoms with Crippen molar-refractivity contribution in [1.82, 2.24) is 9.78 Å². The Kier molecular flexibility index (Phi) is 2.44. The number of nitrogens with one attached hydrogen (secondary N) is 1. The lowest BCUT2D eigenvalue weighted by Crippen LogP contribution is -2.13. The lowest BCUT2D eigenvalue weighted by molar-refractivity contribution is 0.101. The highest BCUT2D eigenvalue weighted by molar-refractivity contribution is 5.91. The van der Waals surface area contributed by atoms with E-state index in [2.05, 4.69) is 5.10 Å². The molecule has 1 heterocycles. The van der Waals surface area contributed by atoms with Crippen molar-refractivity contribution >= 4 is 5.78 Å². The molecule has 0 radical (unpaired) electrons. The fourth-order valence-electron chi connectivity index (χ4n) is 1.36. The van der Waals surface area contributed by atoms with Crippen LogP contribution in [0.1, 0.15) is 17.4 Å². The second kappa shape index (κ2) is 3.77. The smallest absolute Gasteiger partial charge is 0.271 e. The largest absolute Gasteiger partial charge is 0.293 e. The first-order chi connectivity index (χ1) is 7.58. The maximum atomic E-state index is 12.7. The predicted octanol–water partition coefficient (Wildman–Crippen LogP) is 1.51. The number of aromatic amines is 1. The molecule has 1 N–H and O–H groups in total. The van der Waals surface area contributed by atoms with E-state index in [9.17, 15) is 14.0 Å². The van der Waals surface area contributed by atoms with Crippen LogP contribution in [0.15, 0.2) is 35.1 Å². The van der Waals surface area contributed by atoms with Gasteiger partial charge in [-0.25, -0.2) is 9.07 Å². The Bertz CT molecular complexity index is 581. The molecular weight excluding hydrogens is 211 g/mol. The predicted molar refractivity (Wildman–Crippen MR) is 56.4 cm³/mol.